The molecule has 0 saturated carbocycles. The van der Waals surface area contributed by atoms with Gasteiger partial charge in [0, 0.05) is 20.3 Å². The summed E-state index contributed by atoms with van der Waals surface area (Å²) in [4.78, 5) is 4.22. The molecule has 18 heavy (non-hydrogen) atoms. The zero-order valence-corrected chi connectivity index (χ0v) is 11.1. The molecule has 0 amide bonds. The fourth-order valence-corrected chi connectivity index (χ4v) is 2.57. The molecule has 2 rings (SSSR count). The number of hydrogen-bond donors (Lipinski definition) is 1. The van der Waals surface area contributed by atoms with Gasteiger partial charge >= 0.3 is 0 Å². The third kappa shape index (κ3) is 2.41. The van der Waals surface area contributed by atoms with E-state index in [9.17, 15) is 8.42 Å². The number of aryl methyl sites for hydroxylation is 2. The lowest BCUT2D eigenvalue weighted by molar-refractivity contribution is 0.457. The van der Waals surface area contributed by atoms with Gasteiger partial charge in [-0.1, -0.05) is 0 Å². The number of aromatic amines is 1. The number of rotatable bonds is 4. The monoisotopic (exact) mass is 270 g/mol. The summed E-state index contributed by atoms with van der Waals surface area (Å²) in [6, 6.07) is 0. The van der Waals surface area contributed by atoms with Gasteiger partial charge in [0.2, 0.25) is 10.0 Å². The van der Waals surface area contributed by atoms with E-state index in [1.54, 1.807) is 14.0 Å². The Morgan fingerprint density at radius 3 is 2.72 bits per heavy atom. The molecule has 8 nitrogen and oxygen atoms in total. The average Bonchev–Trinajstić information content (AvgIpc) is 2.88. The maximum absolute atomic E-state index is 12.2. The first-order valence-corrected chi connectivity index (χ1v) is 6.66. The number of sulfonamides is 1. The van der Waals surface area contributed by atoms with Crippen molar-refractivity contribution in [2.24, 2.45) is 7.05 Å². The van der Waals surface area contributed by atoms with Gasteiger partial charge in [0.05, 0.1) is 12.7 Å². The van der Waals surface area contributed by atoms with Gasteiger partial charge in [0.1, 0.15) is 10.7 Å². The minimum Gasteiger partial charge on any atom is -0.274 e. The van der Waals surface area contributed by atoms with Crippen molar-refractivity contribution in [1.29, 1.82) is 0 Å². The van der Waals surface area contributed by atoms with Crippen molar-refractivity contribution in [3.8, 4) is 0 Å². The lowest BCUT2D eigenvalue weighted by atomic mass is 10.6. The van der Waals surface area contributed by atoms with E-state index in [-0.39, 0.29) is 11.4 Å². The minimum absolute atomic E-state index is 0.113. The smallest absolute Gasteiger partial charge is 0.246 e. The van der Waals surface area contributed by atoms with Gasteiger partial charge in [-0.15, -0.1) is 0 Å². The Labute approximate surface area is 105 Å². The highest BCUT2D eigenvalue weighted by atomic mass is 32.2. The Morgan fingerprint density at radius 1 is 1.50 bits per heavy atom. The van der Waals surface area contributed by atoms with Crippen LogP contribution in [0, 0.1) is 6.92 Å². The van der Waals surface area contributed by atoms with Crippen LogP contribution in [0.4, 0.5) is 0 Å². The van der Waals surface area contributed by atoms with Crippen LogP contribution in [-0.2, 0) is 23.6 Å². The first kappa shape index (κ1) is 12.7. The van der Waals surface area contributed by atoms with E-state index < -0.39 is 10.0 Å². The Hall–Kier alpha value is -1.74. The van der Waals surface area contributed by atoms with Gasteiger partial charge in [-0.3, -0.25) is 9.78 Å². The van der Waals surface area contributed by atoms with Gasteiger partial charge in [0.15, 0.2) is 5.82 Å². The molecule has 1 N–H and O–H groups in total. The number of aromatic nitrogens is 5. The molecule has 98 valence electrons. The topological polar surface area (TPSA) is 96.8 Å². The summed E-state index contributed by atoms with van der Waals surface area (Å²) in [7, 11) is -0.406. The molecule has 0 aliphatic carbocycles. The molecule has 0 aromatic carbocycles. The van der Waals surface area contributed by atoms with Gasteiger partial charge in [-0.2, -0.15) is 14.5 Å². The molecule has 2 heterocycles. The Kier molecular flexibility index (Phi) is 3.18. The maximum atomic E-state index is 12.2. The zero-order chi connectivity index (χ0) is 13.3. The van der Waals surface area contributed by atoms with Crippen molar-refractivity contribution < 1.29 is 8.42 Å². The van der Waals surface area contributed by atoms with Crippen LogP contribution in [-0.4, -0.2) is 44.7 Å². The van der Waals surface area contributed by atoms with Crippen molar-refractivity contribution in [2.75, 3.05) is 7.05 Å². The van der Waals surface area contributed by atoms with Crippen LogP contribution in [0.2, 0.25) is 0 Å². The molecule has 0 saturated heterocycles. The van der Waals surface area contributed by atoms with Gasteiger partial charge in [-0.25, -0.2) is 13.4 Å². The third-order valence-corrected chi connectivity index (χ3v) is 4.15. The van der Waals surface area contributed by atoms with Crippen LogP contribution < -0.4 is 0 Å². The second-order valence-electron chi connectivity index (χ2n) is 3.95. The molecule has 2 aromatic heterocycles. The van der Waals surface area contributed by atoms with Crippen LogP contribution in [0.3, 0.4) is 0 Å². The van der Waals surface area contributed by atoms with E-state index in [0.29, 0.717) is 11.6 Å². The molecule has 2 aromatic rings. The number of H-pyrrole nitrogens is 1. The third-order valence-electron chi connectivity index (χ3n) is 2.40. The fourth-order valence-electron chi connectivity index (χ4n) is 1.46. The second kappa shape index (κ2) is 4.50. The summed E-state index contributed by atoms with van der Waals surface area (Å²) in [5, 5.41) is 10.4. The standard InChI is InChI=1S/C9H14N6O2S/c1-7-11-9(13-12-7)6-15(3)18(16,17)8-4-10-14(2)5-8/h4-5H,6H2,1-3H3,(H,11,12,13). The van der Waals surface area contributed by atoms with Crippen molar-refractivity contribution in [3.05, 3.63) is 24.0 Å². The van der Waals surface area contributed by atoms with Crippen molar-refractivity contribution in [1.82, 2.24) is 29.3 Å². The average molecular weight is 270 g/mol. The van der Waals surface area contributed by atoms with Gasteiger partial charge in [-0.05, 0) is 6.92 Å². The van der Waals surface area contributed by atoms with E-state index in [1.807, 2.05) is 0 Å². The summed E-state index contributed by atoms with van der Waals surface area (Å²) in [5.74, 6) is 1.08. The molecular weight excluding hydrogens is 256 g/mol. The van der Waals surface area contributed by atoms with E-state index in [0.717, 1.165) is 0 Å². The highest BCUT2D eigenvalue weighted by Gasteiger charge is 2.23. The maximum Gasteiger partial charge on any atom is 0.246 e. The molecule has 0 aliphatic heterocycles. The summed E-state index contributed by atoms with van der Waals surface area (Å²) >= 11 is 0. The zero-order valence-electron chi connectivity index (χ0n) is 10.3. The van der Waals surface area contributed by atoms with Gasteiger partial charge in [0.25, 0.3) is 0 Å². The highest BCUT2D eigenvalue weighted by molar-refractivity contribution is 7.89. The van der Waals surface area contributed by atoms with E-state index in [1.165, 1.54) is 28.4 Å². The van der Waals surface area contributed by atoms with E-state index in [2.05, 4.69) is 20.3 Å². The molecule has 9 heteroatoms. The Morgan fingerprint density at radius 2 is 2.22 bits per heavy atom. The first-order valence-electron chi connectivity index (χ1n) is 5.22. The SMILES string of the molecule is Cc1nc(CN(C)S(=O)(=O)c2cnn(C)c2)n[nH]1. The molecule has 0 radical (unpaired) electrons. The highest BCUT2D eigenvalue weighted by Crippen LogP contribution is 2.14. The molecule has 0 fully saturated rings. The number of nitrogens with one attached hydrogen (secondary N) is 1. The molecule has 0 bridgehead atoms. The number of nitrogens with zero attached hydrogens (tertiary/aromatic N) is 5. The summed E-state index contributed by atoms with van der Waals surface area (Å²) in [6.45, 7) is 1.87. The quantitative estimate of drug-likeness (QED) is 0.820. The van der Waals surface area contributed by atoms with Crippen LogP contribution in [0.25, 0.3) is 0 Å². The molecule has 0 atom stereocenters. The predicted molar refractivity (Wildman–Crippen MR) is 63.0 cm³/mol. The fraction of sp³-hybridized carbons (Fsp3) is 0.444. The van der Waals surface area contributed by atoms with Crippen LogP contribution in [0.5, 0.6) is 0 Å². The molecule has 0 unspecified atom stereocenters. The second-order valence-corrected chi connectivity index (χ2v) is 5.99. The normalized spacial score (nSPS) is 12.2. The summed E-state index contributed by atoms with van der Waals surface area (Å²) < 4.78 is 27.0. The first-order chi connectivity index (χ1) is 8.39. The van der Waals surface area contributed by atoms with Crippen molar-refractivity contribution >= 4 is 10.0 Å². The van der Waals surface area contributed by atoms with Gasteiger partial charge < -0.3 is 0 Å². The molecular formula is C9H14N6O2S. The van der Waals surface area contributed by atoms with E-state index >= 15 is 0 Å². The molecule has 0 spiro atoms. The lowest BCUT2D eigenvalue weighted by Crippen LogP contribution is -2.26. The largest absolute Gasteiger partial charge is 0.274 e. The van der Waals surface area contributed by atoms with Crippen molar-refractivity contribution in [2.45, 2.75) is 18.4 Å². The van der Waals surface area contributed by atoms with E-state index in [4.69, 9.17) is 0 Å². The Bertz CT molecular complexity index is 644. The minimum atomic E-state index is -3.55. The predicted octanol–water partition coefficient (Wildman–Crippen LogP) is -0.333. The van der Waals surface area contributed by atoms with Crippen LogP contribution >= 0.6 is 0 Å². The van der Waals surface area contributed by atoms with Crippen molar-refractivity contribution in [3.63, 3.8) is 0 Å². The summed E-state index contributed by atoms with van der Waals surface area (Å²) in [5.41, 5.74) is 0. The van der Waals surface area contributed by atoms with Crippen LogP contribution in [0.15, 0.2) is 17.3 Å². The van der Waals surface area contributed by atoms with Crippen LogP contribution in [0.1, 0.15) is 11.6 Å². The summed E-state index contributed by atoms with van der Waals surface area (Å²) in [6.07, 6.45) is 2.77. The molecule has 0 aliphatic rings. The Balaban J connectivity index is 2.20. The lowest BCUT2D eigenvalue weighted by Gasteiger charge is -2.13. The number of hydrogen-bond acceptors (Lipinski definition) is 5.